The van der Waals surface area contributed by atoms with Crippen LogP contribution in [0.3, 0.4) is 0 Å². The first-order valence-electron chi connectivity index (χ1n) is 7.42. The molecule has 1 aromatic heterocycles. The van der Waals surface area contributed by atoms with Gasteiger partial charge >= 0.3 is 0 Å². The van der Waals surface area contributed by atoms with Crippen molar-refractivity contribution in [2.24, 2.45) is 17.6 Å². The Morgan fingerprint density at radius 1 is 1.45 bits per heavy atom. The van der Waals surface area contributed by atoms with Gasteiger partial charge in [-0.2, -0.15) is 0 Å². The molecule has 1 fully saturated rings. The van der Waals surface area contributed by atoms with E-state index in [9.17, 15) is 9.59 Å². The molecule has 0 aromatic carbocycles. The normalized spacial score (nSPS) is 17.1. The molecule has 1 aliphatic rings. The number of hydrogen-bond donors (Lipinski definition) is 2. The minimum atomic E-state index is -0.163. The van der Waals surface area contributed by atoms with Crippen molar-refractivity contribution in [3.05, 3.63) is 23.4 Å². The second kappa shape index (κ2) is 7.56. The first-order chi connectivity index (χ1) is 10.5. The molecule has 2 heterocycles. The van der Waals surface area contributed by atoms with Gasteiger partial charge in [-0.1, -0.05) is 18.5 Å². The number of nitrogens with zero attached hydrogens (tertiary/aromatic N) is 2. The molecule has 1 aliphatic heterocycles. The fourth-order valence-electron chi connectivity index (χ4n) is 2.45. The van der Waals surface area contributed by atoms with E-state index in [-0.39, 0.29) is 23.7 Å². The van der Waals surface area contributed by atoms with Gasteiger partial charge in [0.1, 0.15) is 5.82 Å². The first kappa shape index (κ1) is 16.7. The standard InChI is InChI=1S/C15H21ClN4O2/c1-10(8-17)15(22)20-6-4-11(5-7-20)14(21)19-13-3-2-12(16)9-18-13/h2-3,9-11H,4-8,17H2,1H3,(H,18,19,21). The first-order valence-corrected chi connectivity index (χ1v) is 7.80. The molecule has 6 nitrogen and oxygen atoms in total. The number of aromatic nitrogens is 1. The third kappa shape index (κ3) is 4.18. The van der Waals surface area contributed by atoms with Gasteiger partial charge in [0.15, 0.2) is 0 Å². The van der Waals surface area contributed by atoms with E-state index in [1.54, 1.807) is 17.0 Å². The zero-order chi connectivity index (χ0) is 16.1. The average Bonchev–Trinajstić information content (AvgIpc) is 2.55. The van der Waals surface area contributed by atoms with Crippen LogP contribution in [0.2, 0.25) is 5.02 Å². The maximum atomic E-state index is 12.2. The summed E-state index contributed by atoms with van der Waals surface area (Å²) < 4.78 is 0. The zero-order valence-corrected chi connectivity index (χ0v) is 13.3. The third-order valence-electron chi connectivity index (χ3n) is 3.93. The molecule has 2 amide bonds. The average molecular weight is 325 g/mol. The Morgan fingerprint density at radius 3 is 2.68 bits per heavy atom. The van der Waals surface area contributed by atoms with Gasteiger partial charge in [0.25, 0.3) is 0 Å². The van der Waals surface area contributed by atoms with Crippen LogP contribution in [-0.4, -0.2) is 41.3 Å². The van der Waals surface area contributed by atoms with E-state index in [1.807, 2.05) is 6.92 Å². The van der Waals surface area contributed by atoms with Crippen molar-refractivity contribution in [3.8, 4) is 0 Å². The van der Waals surface area contributed by atoms with Gasteiger partial charge < -0.3 is 16.0 Å². The number of nitrogens with one attached hydrogen (secondary N) is 1. The molecule has 1 atom stereocenters. The smallest absolute Gasteiger partial charge is 0.228 e. The van der Waals surface area contributed by atoms with Gasteiger partial charge in [0, 0.05) is 37.7 Å². The van der Waals surface area contributed by atoms with Crippen LogP contribution in [-0.2, 0) is 9.59 Å². The molecule has 2 rings (SSSR count). The lowest BCUT2D eigenvalue weighted by Gasteiger charge is -2.32. The predicted octanol–water partition coefficient (Wildman–Crippen LogP) is 1.51. The van der Waals surface area contributed by atoms with E-state index in [0.717, 1.165) is 0 Å². The number of carbonyl (C=O) groups is 2. The Balaban J connectivity index is 1.84. The Labute approximate surface area is 135 Å². The van der Waals surface area contributed by atoms with Gasteiger partial charge in [-0.3, -0.25) is 9.59 Å². The second-order valence-electron chi connectivity index (χ2n) is 5.59. The highest BCUT2D eigenvalue weighted by Crippen LogP contribution is 2.20. The second-order valence-corrected chi connectivity index (χ2v) is 6.02. The van der Waals surface area contributed by atoms with Crippen LogP contribution in [0.1, 0.15) is 19.8 Å². The molecular formula is C15H21ClN4O2. The number of pyridine rings is 1. The van der Waals surface area contributed by atoms with E-state index in [4.69, 9.17) is 17.3 Å². The zero-order valence-electron chi connectivity index (χ0n) is 12.6. The minimum absolute atomic E-state index is 0.0613. The Morgan fingerprint density at radius 2 is 2.14 bits per heavy atom. The maximum absolute atomic E-state index is 12.2. The van der Waals surface area contributed by atoms with Crippen molar-refractivity contribution >= 4 is 29.2 Å². The van der Waals surface area contributed by atoms with Gasteiger partial charge in [-0.25, -0.2) is 4.98 Å². The van der Waals surface area contributed by atoms with Gasteiger partial charge in [0.2, 0.25) is 11.8 Å². The van der Waals surface area contributed by atoms with Crippen LogP contribution in [0.15, 0.2) is 18.3 Å². The van der Waals surface area contributed by atoms with Gasteiger partial charge in [0.05, 0.1) is 5.02 Å². The van der Waals surface area contributed by atoms with E-state index in [0.29, 0.717) is 43.3 Å². The van der Waals surface area contributed by atoms with Crippen LogP contribution in [0, 0.1) is 11.8 Å². The number of halogens is 1. The summed E-state index contributed by atoms with van der Waals surface area (Å²) in [7, 11) is 0. The minimum Gasteiger partial charge on any atom is -0.342 e. The van der Waals surface area contributed by atoms with E-state index < -0.39 is 0 Å². The maximum Gasteiger partial charge on any atom is 0.228 e. The van der Waals surface area contributed by atoms with E-state index in [1.165, 1.54) is 6.20 Å². The van der Waals surface area contributed by atoms with Crippen molar-refractivity contribution < 1.29 is 9.59 Å². The molecule has 0 aliphatic carbocycles. The number of anilines is 1. The van der Waals surface area contributed by atoms with Crippen molar-refractivity contribution in [2.75, 3.05) is 25.0 Å². The topological polar surface area (TPSA) is 88.3 Å². The summed E-state index contributed by atoms with van der Waals surface area (Å²) >= 11 is 5.76. The lowest BCUT2D eigenvalue weighted by molar-refractivity contribution is -0.137. The quantitative estimate of drug-likeness (QED) is 0.878. The highest BCUT2D eigenvalue weighted by atomic mass is 35.5. The lowest BCUT2D eigenvalue weighted by Crippen LogP contribution is -2.44. The number of likely N-dealkylation sites (tertiary alicyclic amines) is 1. The van der Waals surface area contributed by atoms with Crippen molar-refractivity contribution in [2.45, 2.75) is 19.8 Å². The number of amides is 2. The molecule has 120 valence electrons. The van der Waals surface area contributed by atoms with Gasteiger partial charge in [-0.15, -0.1) is 0 Å². The van der Waals surface area contributed by atoms with Crippen molar-refractivity contribution in [3.63, 3.8) is 0 Å². The molecule has 0 spiro atoms. The van der Waals surface area contributed by atoms with E-state index >= 15 is 0 Å². The van der Waals surface area contributed by atoms with Crippen LogP contribution >= 0.6 is 11.6 Å². The highest BCUT2D eigenvalue weighted by Gasteiger charge is 2.29. The summed E-state index contributed by atoms with van der Waals surface area (Å²) in [4.78, 5) is 30.1. The Kier molecular flexibility index (Phi) is 5.74. The van der Waals surface area contributed by atoms with Crippen LogP contribution in [0.4, 0.5) is 5.82 Å². The molecule has 0 radical (unpaired) electrons. The Hall–Kier alpha value is -1.66. The molecular weight excluding hydrogens is 304 g/mol. The monoisotopic (exact) mass is 324 g/mol. The van der Waals surface area contributed by atoms with Crippen molar-refractivity contribution in [1.82, 2.24) is 9.88 Å². The summed E-state index contributed by atoms with van der Waals surface area (Å²) in [6.45, 7) is 3.36. The third-order valence-corrected chi connectivity index (χ3v) is 4.15. The molecule has 1 aromatic rings. The number of nitrogens with two attached hydrogens (primary N) is 1. The SMILES string of the molecule is CC(CN)C(=O)N1CCC(C(=O)Nc2ccc(Cl)cn2)CC1. The number of hydrogen-bond acceptors (Lipinski definition) is 4. The number of rotatable bonds is 4. The fourth-order valence-corrected chi connectivity index (χ4v) is 2.56. The molecule has 0 bridgehead atoms. The summed E-state index contributed by atoms with van der Waals surface area (Å²) in [5, 5.41) is 3.31. The van der Waals surface area contributed by atoms with Crippen LogP contribution in [0.5, 0.6) is 0 Å². The molecule has 1 saturated heterocycles. The lowest BCUT2D eigenvalue weighted by atomic mass is 9.95. The Bertz CT molecular complexity index is 527. The summed E-state index contributed by atoms with van der Waals surface area (Å²) in [6.07, 6.45) is 2.80. The number of piperidine rings is 1. The molecule has 1 unspecified atom stereocenters. The largest absolute Gasteiger partial charge is 0.342 e. The van der Waals surface area contributed by atoms with Crippen molar-refractivity contribution in [1.29, 1.82) is 0 Å². The summed E-state index contributed by atoms with van der Waals surface area (Å²) in [5.74, 6) is 0.234. The highest BCUT2D eigenvalue weighted by molar-refractivity contribution is 6.30. The summed E-state index contributed by atoms with van der Waals surface area (Å²) in [6, 6.07) is 3.35. The molecule has 3 N–H and O–H groups in total. The van der Waals surface area contributed by atoms with Crippen LogP contribution in [0.25, 0.3) is 0 Å². The van der Waals surface area contributed by atoms with E-state index in [2.05, 4.69) is 10.3 Å². The predicted molar refractivity (Wildman–Crippen MR) is 85.4 cm³/mol. The van der Waals surface area contributed by atoms with Crippen LogP contribution < -0.4 is 11.1 Å². The molecule has 7 heteroatoms. The van der Waals surface area contributed by atoms with Gasteiger partial charge in [-0.05, 0) is 25.0 Å². The summed E-state index contributed by atoms with van der Waals surface area (Å²) in [5.41, 5.74) is 5.52. The fraction of sp³-hybridized carbons (Fsp3) is 0.533. The molecule has 22 heavy (non-hydrogen) atoms. The molecule has 0 saturated carbocycles. The number of carbonyl (C=O) groups excluding carboxylic acids is 2.